The van der Waals surface area contributed by atoms with Crippen LogP contribution in [0.1, 0.15) is 15.9 Å². The van der Waals surface area contributed by atoms with Crippen LogP contribution in [-0.4, -0.2) is 10.5 Å². The zero-order chi connectivity index (χ0) is 14.0. The Morgan fingerprint density at radius 1 is 1.26 bits per heavy atom. The summed E-state index contributed by atoms with van der Waals surface area (Å²) in [7, 11) is 1.63. The number of anilines is 2. The first-order valence-corrected chi connectivity index (χ1v) is 5.81. The summed E-state index contributed by atoms with van der Waals surface area (Å²) in [4.78, 5) is 23.5. The van der Waals surface area contributed by atoms with Crippen molar-refractivity contribution in [2.45, 2.75) is 6.92 Å². The van der Waals surface area contributed by atoms with E-state index in [0.717, 1.165) is 5.56 Å². The van der Waals surface area contributed by atoms with E-state index < -0.39 is 0 Å². The molecular weight excluding hydrogens is 242 g/mol. The fourth-order valence-electron chi connectivity index (χ4n) is 1.71. The number of amides is 1. The van der Waals surface area contributed by atoms with E-state index in [1.165, 1.54) is 10.6 Å². The first kappa shape index (κ1) is 12.9. The van der Waals surface area contributed by atoms with Gasteiger partial charge in [-0.1, -0.05) is 0 Å². The molecule has 5 heteroatoms. The van der Waals surface area contributed by atoms with Crippen LogP contribution in [0.2, 0.25) is 0 Å². The van der Waals surface area contributed by atoms with E-state index in [0.29, 0.717) is 16.9 Å². The van der Waals surface area contributed by atoms with Gasteiger partial charge in [-0.2, -0.15) is 0 Å². The molecule has 5 nitrogen and oxygen atoms in total. The van der Waals surface area contributed by atoms with Crippen molar-refractivity contribution in [1.82, 2.24) is 4.57 Å². The van der Waals surface area contributed by atoms with E-state index in [9.17, 15) is 9.59 Å². The van der Waals surface area contributed by atoms with Crippen molar-refractivity contribution in [3.8, 4) is 0 Å². The normalized spacial score (nSPS) is 10.2. The Labute approximate surface area is 110 Å². The maximum absolute atomic E-state index is 12.0. The van der Waals surface area contributed by atoms with Crippen LogP contribution in [0.3, 0.4) is 0 Å². The van der Waals surface area contributed by atoms with Gasteiger partial charge in [-0.3, -0.25) is 9.59 Å². The lowest BCUT2D eigenvalue weighted by molar-refractivity contribution is 0.102. The minimum atomic E-state index is -0.314. The van der Waals surface area contributed by atoms with Crippen LogP contribution in [0.5, 0.6) is 0 Å². The summed E-state index contributed by atoms with van der Waals surface area (Å²) in [5.41, 5.74) is 7.96. The first-order chi connectivity index (χ1) is 8.97. The van der Waals surface area contributed by atoms with E-state index in [4.69, 9.17) is 5.73 Å². The molecular formula is C14H15N3O2. The zero-order valence-electron chi connectivity index (χ0n) is 10.8. The Bertz CT molecular complexity index is 689. The van der Waals surface area contributed by atoms with Gasteiger partial charge in [0.1, 0.15) is 0 Å². The van der Waals surface area contributed by atoms with Crippen molar-refractivity contribution in [3.63, 3.8) is 0 Å². The molecule has 0 spiro atoms. The van der Waals surface area contributed by atoms with Gasteiger partial charge in [-0.25, -0.2) is 0 Å². The predicted octanol–water partition coefficient (Wildman–Crippen LogP) is 1.53. The number of carbonyl (C=O) groups is 1. The van der Waals surface area contributed by atoms with E-state index in [2.05, 4.69) is 5.32 Å². The molecule has 2 rings (SSSR count). The molecule has 0 fully saturated rings. The van der Waals surface area contributed by atoms with Crippen molar-refractivity contribution in [1.29, 1.82) is 0 Å². The van der Waals surface area contributed by atoms with Crippen LogP contribution >= 0.6 is 0 Å². The Morgan fingerprint density at radius 2 is 2.00 bits per heavy atom. The van der Waals surface area contributed by atoms with Crippen molar-refractivity contribution in [2.24, 2.45) is 7.05 Å². The summed E-state index contributed by atoms with van der Waals surface area (Å²) in [6.07, 6.45) is 1.56. The number of benzene rings is 1. The molecule has 0 unspecified atom stereocenters. The molecule has 1 aromatic heterocycles. The molecule has 2 aromatic rings. The van der Waals surface area contributed by atoms with Crippen LogP contribution in [0.25, 0.3) is 0 Å². The molecule has 0 bridgehead atoms. The minimum absolute atomic E-state index is 0.221. The van der Waals surface area contributed by atoms with Gasteiger partial charge in [0.05, 0.1) is 0 Å². The van der Waals surface area contributed by atoms with Crippen molar-refractivity contribution in [2.75, 3.05) is 11.1 Å². The van der Waals surface area contributed by atoms with Crippen LogP contribution in [0.4, 0.5) is 11.4 Å². The number of aryl methyl sites for hydroxylation is 2. The van der Waals surface area contributed by atoms with Crippen LogP contribution < -0.4 is 16.6 Å². The highest BCUT2D eigenvalue weighted by atomic mass is 16.2. The van der Waals surface area contributed by atoms with Crippen LogP contribution in [-0.2, 0) is 7.05 Å². The van der Waals surface area contributed by atoms with E-state index in [-0.39, 0.29) is 11.5 Å². The van der Waals surface area contributed by atoms with Crippen molar-refractivity contribution >= 4 is 17.3 Å². The lowest BCUT2D eigenvalue weighted by Crippen LogP contribution is -2.20. The number of aromatic nitrogens is 1. The smallest absolute Gasteiger partial charge is 0.255 e. The number of rotatable bonds is 2. The lowest BCUT2D eigenvalue weighted by Gasteiger charge is -2.09. The van der Waals surface area contributed by atoms with Crippen LogP contribution in [0, 0.1) is 6.92 Å². The largest absolute Gasteiger partial charge is 0.399 e. The topological polar surface area (TPSA) is 77.1 Å². The molecule has 0 aliphatic heterocycles. The fraction of sp³-hybridized carbons (Fsp3) is 0.143. The third-order valence-electron chi connectivity index (χ3n) is 2.87. The second-order valence-corrected chi connectivity index (χ2v) is 4.39. The Morgan fingerprint density at radius 3 is 2.63 bits per heavy atom. The molecule has 0 aliphatic carbocycles. The number of carbonyl (C=O) groups excluding carboxylic acids is 1. The molecule has 19 heavy (non-hydrogen) atoms. The molecule has 1 amide bonds. The summed E-state index contributed by atoms with van der Waals surface area (Å²) in [6.45, 7) is 1.86. The van der Waals surface area contributed by atoms with Gasteiger partial charge in [0, 0.05) is 36.2 Å². The SMILES string of the molecule is Cc1cc(N)ccc1NC(=O)c1ccn(C)c(=O)c1. The zero-order valence-corrected chi connectivity index (χ0v) is 10.8. The predicted molar refractivity (Wildman–Crippen MR) is 75.2 cm³/mol. The van der Waals surface area contributed by atoms with Crippen molar-refractivity contribution in [3.05, 3.63) is 58.0 Å². The standard InChI is InChI=1S/C14H15N3O2/c1-9-7-11(15)3-4-12(9)16-14(19)10-5-6-17(2)13(18)8-10/h3-8H,15H2,1-2H3,(H,16,19). The summed E-state index contributed by atoms with van der Waals surface area (Å²) in [5.74, 6) is -0.314. The molecule has 0 saturated carbocycles. The first-order valence-electron chi connectivity index (χ1n) is 5.81. The Balaban J connectivity index is 2.25. The molecule has 0 atom stereocenters. The minimum Gasteiger partial charge on any atom is -0.399 e. The number of nitrogens with zero attached hydrogens (tertiary/aromatic N) is 1. The number of hydrogen-bond acceptors (Lipinski definition) is 3. The number of nitrogens with one attached hydrogen (secondary N) is 1. The quantitative estimate of drug-likeness (QED) is 0.801. The van der Waals surface area contributed by atoms with Gasteiger partial charge >= 0.3 is 0 Å². The summed E-state index contributed by atoms with van der Waals surface area (Å²) >= 11 is 0. The summed E-state index contributed by atoms with van der Waals surface area (Å²) in [6, 6.07) is 8.14. The highest BCUT2D eigenvalue weighted by Crippen LogP contribution is 2.18. The maximum atomic E-state index is 12.0. The van der Waals surface area contributed by atoms with Gasteiger partial charge in [0.15, 0.2) is 0 Å². The Hall–Kier alpha value is -2.56. The highest BCUT2D eigenvalue weighted by Gasteiger charge is 2.08. The van der Waals surface area contributed by atoms with Crippen molar-refractivity contribution < 1.29 is 4.79 Å². The van der Waals surface area contributed by atoms with Gasteiger partial charge in [0.25, 0.3) is 11.5 Å². The average Bonchev–Trinajstić information content (AvgIpc) is 2.36. The maximum Gasteiger partial charge on any atom is 0.255 e. The number of pyridine rings is 1. The molecule has 1 heterocycles. The second kappa shape index (κ2) is 4.97. The summed E-state index contributed by atoms with van der Waals surface area (Å²) < 4.78 is 1.41. The van der Waals surface area contributed by atoms with E-state index in [1.54, 1.807) is 37.5 Å². The third kappa shape index (κ3) is 2.82. The van der Waals surface area contributed by atoms with Crippen LogP contribution in [0.15, 0.2) is 41.3 Å². The molecule has 0 saturated heterocycles. The number of hydrogen-bond donors (Lipinski definition) is 2. The third-order valence-corrected chi connectivity index (χ3v) is 2.87. The molecule has 3 N–H and O–H groups in total. The molecule has 0 aliphatic rings. The average molecular weight is 257 g/mol. The van der Waals surface area contributed by atoms with Gasteiger partial charge in [-0.05, 0) is 36.8 Å². The van der Waals surface area contributed by atoms with E-state index in [1.807, 2.05) is 6.92 Å². The fourth-order valence-corrected chi connectivity index (χ4v) is 1.71. The highest BCUT2D eigenvalue weighted by molar-refractivity contribution is 6.04. The Kier molecular flexibility index (Phi) is 3.37. The van der Waals surface area contributed by atoms with E-state index >= 15 is 0 Å². The summed E-state index contributed by atoms with van der Waals surface area (Å²) in [5, 5.41) is 2.76. The lowest BCUT2D eigenvalue weighted by atomic mass is 10.1. The van der Waals surface area contributed by atoms with Gasteiger partial charge in [0.2, 0.25) is 0 Å². The van der Waals surface area contributed by atoms with Gasteiger partial charge in [-0.15, -0.1) is 0 Å². The second-order valence-electron chi connectivity index (χ2n) is 4.39. The molecule has 98 valence electrons. The molecule has 0 radical (unpaired) electrons. The number of nitrogen functional groups attached to an aromatic ring is 1. The van der Waals surface area contributed by atoms with Gasteiger partial charge < -0.3 is 15.6 Å². The monoisotopic (exact) mass is 257 g/mol. The molecule has 1 aromatic carbocycles. The number of nitrogens with two attached hydrogens (primary N) is 1.